The summed E-state index contributed by atoms with van der Waals surface area (Å²) in [7, 11) is 0. The number of carboxylic acids is 1. The van der Waals surface area contributed by atoms with Crippen molar-refractivity contribution in [2.75, 3.05) is 0 Å². The molecule has 0 spiro atoms. The summed E-state index contributed by atoms with van der Waals surface area (Å²) in [5.41, 5.74) is -0.880. The number of nitrogens with zero attached hydrogens (tertiary/aromatic N) is 1. The number of pyridine rings is 1. The van der Waals surface area contributed by atoms with Crippen molar-refractivity contribution in [3.8, 4) is 0 Å². The fraction of sp³-hybridized carbons (Fsp3) is 0.250. The number of halogens is 4. The van der Waals surface area contributed by atoms with Crippen LogP contribution >= 0.6 is 27.5 Å². The molecule has 15 heavy (non-hydrogen) atoms. The standard InChI is InChI=1S/C8H5BrClF2NO2/c9-6-5(8(14)15)3(1-10)4(2-13-6)7(11)12/h2,7H,1H2,(H,14,15). The van der Waals surface area contributed by atoms with Crippen LogP contribution in [0, 0.1) is 0 Å². The molecule has 82 valence electrons. The fourth-order valence-corrected chi connectivity index (χ4v) is 1.89. The Morgan fingerprint density at radius 3 is 2.67 bits per heavy atom. The molecule has 7 heteroatoms. The predicted octanol–water partition coefficient (Wildman–Crippen LogP) is 3.22. The van der Waals surface area contributed by atoms with E-state index in [1.807, 2.05) is 0 Å². The highest BCUT2D eigenvalue weighted by molar-refractivity contribution is 9.10. The minimum Gasteiger partial charge on any atom is -0.478 e. The van der Waals surface area contributed by atoms with Gasteiger partial charge in [-0.15, -0.1) is 11.6 Å². The summed E-state index contributed by atoms with van der Waals surface area (Å²) in [5.74, 6) is -1.64. The molecular formula is C8H5BrClF2NO2. The maximum atomic E-state index is 12.5. The van der Waals surface area contributed by atoms with Gasteiger partial charge < -0.3 is 5.11 Å². The Kier molecular flexibility index (Phi) is 3.98. The maximum absolute atomic E-state index is 12.5. The van der Waals surface area contributed by atoms with Gasteiger partial charge in [0.25, 0.3) is 6.43 Å². The van der Waals surface area contributed by atoms with Crippen LogP contribution in [0.15, 0.2) is 10.8 Å². The summed E-state index contributed by atoms with van der Waals surface area (Å²) < 4.78 is 25.0. The van der Waals surface area contributed by atoms with Gasteiger partial charge in [0, 0.05) is 17.6 Å². The molecule has 0 radical (unpaired) electrons. The van der Waals surface area contributed by atoms with Crippen LogP contribution in [-0.4, -0.2) is 16.1 Å². The molecule has 0 aromatic carbocycles. The van der Waals surface area contributed by atoms with Gasteiger partial charge in [0.05, 0.1) is 5.56 Å². The van der Waals surface area contributed by atoms with Crippen LogP contribution in [0.5, 0.6) is 0 Å². The van der Waals surface area contributed by atoms with Crippen molar-refractivity contribution in [3.63, 3.8) is 0 Å². The van der Waals surface area contributed by atoms with Gasteiger partial charge in [-0.2, -0.15) is 0 Å². The summed E-state index contributed by atoms with van der Waals surface area (Å²) >= 11 is 8.33. The SMILES string of the molecule is O=C(O)c1c(Br)ncc(C(F)F)c1CCl. The lowest BCUT2D eigenvalue weighted by Gasteiger charge is -2.10. The molecule has 0 amide bonds. The lowest BCUT2D eigenvalue weighted by molar-refractivity contribution is 0.0693. The van der Waals surface area contributed by atoms with E-state index in [9.17, 15) is 13.6 Å². The molecule has 0 aliphatic rings. The Balaban J connectivity index is 3.47. The number of alkyl halides is 3. The molecule has 0 fully saturated rings. The van der Waals surface area contributed by atoms with Gasteiger partial charge >= 0.3 is 5.97 Å². The van der Waals surface area contributed by atoms with E-state index in [0.717, 1.165) is 6.20 Å². The van der Waals surface area contributed by atoms with Crippen LogP contribution in [0.2, 0.25) is 0 Å². The molecule has 0 atom stereocenters. The quantitative estimate of drug-likeness (QED) is 0.689. The van der Waals surface area contributed by atoms with Crippen molar-refractivity contribution < 1.29 is 18.7 Å². The van der Waals surface area contributed by atoms with Crippen LogP contribution in [0.4, 0.5) is 8.78 Å². The molecule has 0 bridgehead atoms. The Labute approximate surface area is 97.2 Å². The molecule has 1 aromatic rings. The average Bonchev–Trinajstić information content (AvgIpc) is 2.15. The highest BCUT2D eigenvalue weighted by Gasteiger charge is 2.22. The van der Waals surface area contributed by atoms with Gasteiger partial charge in [-0.05, 0) is 21.5 Å². The Hall–Kier alpha value is -0.750. The predicted molar refractivity (Wildman–Crippen MR) is 53.4 cm³/mol. The first-order valence-corrected chi connectivity index (χ1v) is 5.06. The first kappa shape index (κ1) is 12.3. The van der Waals surface area contributed by atoms with E-state index >= 15 is 0 Å². The molecule has 0 unspecified atom stereocenters. The summed E-state index contributed by atoms with van der Waals surface area (Å²) in [4.78, 5) is 14.3. The summed E-state index contributed by atoms with van der Waals surface area (Å²) in [5, 5.41) is 8.81. The maximum Gasteiger partial charge on any atom is 0.338 e. The second kappa shape index (κ2) is 4.85. The van der Waals surface area contributed by atoms with Gasteiger partial charge in [0.2, 0.25) is 0 Å². The van der Waals surface area contributed by atoms with Crippen molar-refractivity contribution in [2.24, 2.45) is 0 Å². The Bertz CT molecular complexity index is 400. The van der Waals surface area contributed by atoms with Gasteiger partial charge in [-0.3, -0.25) is 0 Å². The van der Waals surface area contributed by atoms with Crippen LogP contribution in [0.1, 0.15) is 27.9 Å². The molecule has 1 rings (SSSR count). The largest absolute Gasteiger partial charge is 0.478 e. The van der Waals surface area contributed by atoms with Gasteiger partial charge in [-0.1, -0.05) is 0 Å². The third kappa shape index (κ3) is 2.43. The first-order valence-electron chi connectivity index (χ1n) is 3.73. The minimum atomic E-state index is -2.79. The van der Waals surface area contributed by atoms with Crippen LogP contribution < -0.4 is 0 Å². The number of carbonyl (C=O) groups is 1. The van der Waals surface area contributed by atoms with Crippen LogP contribution in [0.3, 0.4) is 0 Å². The van der Waals surface area contributed by atoms with Gasteiger partial charge in [-0.25, -0.2) is 18.6 Å². The molecular weight excluding hydrogens is 295 g/mol. The number of hydrogen-bond acceptors (Lipinski definition) is 2. The van der Waals surface area contributed by atoms with E-state index in [1.165, 1.54) is 0 Å². The van der Waals surface area contributed by atoms with E-state index in [2.05, 4.69) is 20.9 Å². The number of hydrogen-bond donors (Lipinski definition) is 1. The number of aromatic nitrogens is 1. The number of rotatable bonds is 3. The average molecular weight is 300 g/mol. The molecule has 0 saturated heterocycles. The number of carboxylic acid groups (broad SMARTS) is 1. The topological polar surface area (TPSA) is 50.2 Å². The van der Waals surface area contributed by atoms with Crippen molar-refractivity contribution in [2.45, 2.75) is 12.3 Å². The van der Waals surface area contributed by atoms with Gasteiger partial charge in [0.15, 0.2) is 0 Å². The summed E-state index contributed by atoms with van der Waals surface area (Å²) in [6.45, 7) is 0. The highest BCUT2D eigenvalue weighted by atomic mass is 79.9. The van der Waals surface area contributed by atoms with Gasteiger partial charge in [0.1, 0.15) is 4.60 Å². The molecule has 0 aliphatic carbocycles. The molecule has 0 aliphatic heterocycles. The zero-order valence-electron chi connectivity index (χ0n) is 7.18. The van der Waals surface area contributed by atoms with E-state index in [-0.39, 0.29) is 21.6 Å². The normalized spacial score (nSPS) is 10.7. The highest BCUT2D eigenvalue weighted by Crippen LogP contribution is 2.29. The smallest absolute Gasteiger partial charge is 0.338 e. The summed E-state index contributed by atoms with van der Waals surface area (Å²) in [6, 6.07) is 0. The van der Waals surface area contributed by atoms with E-state index < -0.39 is 18.0 Å². The fourth-order valence-electron chi connectivity index (χ4n) is 1.09. The van der Waals surface area contributed by atoms with E-state index in [4.69, 9.17) is 16.7 Å². The first-order chi connectivity index (χ1) is 6.99. The summed E-state index contributed by atoms with van der Waals surface area (Å²) in [6.07, 6.45) is -1.88. The molecule has 1 aromatic heterocycles. The lowest BCUT2D eigenvalue weighted by Crippen LogP contribution is -2.08. The van der Waals surface area contributed by atoms with Crippen molar-refractivity contribution >= 4 is 33.5 Å². The third-order valence-corrected chi connectivity index (χ3v) is 2.62. The zero-order valence-corrected chi connectivity index (χ0v) is 9.52. The third-order valence-electron chi connectivity index (χ3n) is 1.76. The Morgan fingerprint density at radius 2 is 2.27 bits per heavy atom. The Morgan fingerprint density at radius 1 is 1.67 bits per heavy atom. The monoisotopic (exact) mass is 299 g/mol. The molecule has 1 heterocycles. The van der Waals surface area contributed by atoms with Crippen molar-refractivity contribution in [3.05, 3.63) is 27.5 Å². The van der Waals surface area contributed by atoms with Crippen molar-refractivity contribution in [1.29, 1.82) is 0 Å². The zero-order chi connectivity index (χ0) is 11.6. The lowest BCUT2D eigenvalue weighted by atomic mass is 10.1. The number of aromatic carboxylic acids is 1. The van der Waals surface area contributed by atoms with E-state index in [0.29, 0.717) is 0 Å². The molecule has 1 N–H and O–H groups in total. The van der Waals surface area contributed by atoms with Crippen LogP contribution in [-0.2, 0) is 5.88 Å². The van der Waals surface area contributed by atoms with E-state index in [1.54, 1.807) is 0 Å². The minimum absolute atomic E-state index is 0.00458. The second-order valence-electron chi connectivity index (χ2n) is 2.60. The second-order valence-corrected chi connectivity index (χ2v) is 3.62. The van der Waals surface area contributed by atoms with Crippen molar-refractivity contribution in [1.82, 2.24) is 4.98 Å². The molecule has 3 nitrogen and oxygen atoms in total. The van der Waals surface area contributed by atoms with Crippen LogP contribution in [0.25, 0.3) is 0 Å². The molecule has 0 saturated carbocycles.